The SMILES string of the molecule is Nc1ncnc2c1C(c1ccc(O)cc1)c1ccc(O)cc1O2. The van der Waals surface area contributed by atoms with Gasteiger partial charge in [-0.15, -0.1) is 0 Å². The first kappa shape index (κ1) is 13.4. The number of nitrogens with zero attached hydrogens (tertiary/aromatic N) is 2. The van der Waals surface area contributed by atoms with Crippen LogP contribution in [0.5, 0.6) is 23.1 Å². The minimum atomic E-state index is -0.240. The van der Waals surface area contributed by atoms with E-state index in [4.69, 9.17) is 10.5 Å². The van der Waals surface area contributed by atoms with Crippen molar-refractivity contribution in [3.05, 3.63) is 65.5 Å². The second kappa shape index (κ2) is 4.88. The maximum Gasteiger partial charge on any atom is 0.228 e. The number of anilines is 1. The Kier molecular flexibility index (Phi) is 2.84. The Bertz CT molecular complexity index is 894. The summed E-state index contributed by atoms with van der Waals surface area (Å²) < 4.78 is 5.77. The number of phenolic OH excluding ortho intramolecular Hbond substituents is 2. The molecule has 6 nitrogen and oxygen atoms in total. The first-order valence-corrected chi connectivity index (χ1v) is 7.03. The Labute approximate surface area is 131 Å². The number of nitrogens with two attached hydrogens (primary N) is 1. The van der Waals surface area contributed by atoms with Gasteiger partial charge in [-0.05, 0) is 23.8 Å². The van der Waals surface area contributed by atoms with Gasteiger partial charge in [-0.2, -0.15) is 0 Å². The summed E-state index contributed by atoms with van der Waals surface area (Å²) in [7, 11) is 0. The Morgan fingerprint density at radius 3 is 2.48 bits per heavy atom. The topological polar surface area (TPSA) is 101 Å². The fraction of sp³-hybridized carbons (Fsp3) is 0.0588. The van der Waals surface area contributed by atoms with Gasteiger partial charge in [-0.3, -0.25) is 0 Å². The molecule has 6 heteroatoms. The zero-order chi connectivity index (χ0) is 16.0. The molecule has 0 bridgehead atoms. The summed E-state index contributed by atoms with van der Waals surface area (Å²) in [6.07, 6.45) is 1.34. The summed E-state index contributed by atoms with van der Waals surface area (Å²) in [5.41, 5.74) is 8.50. The van der Waals surface area contributed by atoms with Crippen LogP contribution in [0.25, 0.3) is 0 Å². The maximum atomic E-state index is 9.71. The maximum absolute atomic E-state index is 9.71. The predicted octanol–water partition coefficient (Wildman–Crippen LogP) is 2.76. The average Bonchev–Trinajstić information content (AvgIpc) is 2.54. The van der Waals surface area contributed by atoms with Crippen LogP contribution in [0.1, 0.15) is 22.6 Å². The molecule has 1 aliphatic heterocycles. The van der Waals surface area contributed by atoms with E-state index >= 15 is 0 Å². The minimum absolute atomic E-state index is 0.110. The first-order chi connectivity index (χ1) is 11.1. The zero-order valence-corrected chi connectivity index (χ0v) is 12.0. The molecule has 1 aliphatic rings. The number of phenols is 2. The van der Waals surface area contributed by atoms with Crippen molar-refractivity contribution in [3.8, 4) is 23.1 Å². The highest BCUT2D eigenvalue weighted by Crippen LogP contribution is 2.48. The molecule has 0 radical (unpaired) electrons. The summed E-state index contributed by atoms with van der Waals surface area (Å²) in [4.78, 5) is 8.22. The lowest BCUT2D eigenvalue weighted by atomic mass is 9.83. The fourth-order valence-electron chi connectivity index (χ4n) is 2.87. The van der Waals surface area contributed by atoms with Crippen LogP contribution in [0.2, 0.25) is 0 Å². The van der Waals surface area contributed by atoms with Gasteiger partial charge in [0.15, 0.2) is 0 Å². The van der Waals surface area contributed by atoms with Crippen LogP contribution in [0, 0.1) is 0 Å². The van der Waals surface area contributed by atoms with Crippen molar-refractivity contribution in [1.82, 2.24) is 9.97 Å². The zero-order valence-electron chi connectivity index (χ0n) is 12.0. The molecule has 0 aliphatic carbocycles. The van der Waals surface area contributed by atoms with Crippen LogP contribution in [0.15, 0.2) is 48.8 Å². The molecule has 1 aromatic heterocycles. The van der Waals surface area contributed by atoms with Gasteiger partial charge in [-0.1, -0.05) is 18.2 Å². The lowest BCUT2D eigenvalue weighted by Gasteiger charge is -2.28. The fourth-order valence-corrected chi connectivity index (χ4v) is 2.87. The summed E-state index contributed by atoms with van der Waals surface area (Å²) in [6.45, 7) is 0. The molecule has 4 rings (SSSR count). The Morgan fingerprint density at radius 1 is 0.957 bits per heavy atom. The van der Waals surface area contributed by atoms with E-state index in [1.807, 2.05) is 12.1 Å². The van der Waals surface area contributed by atoms with Crippen molar-refractivity contribution >= 4 is 5.82 Å². The van der Waals surface area contributed by atoms with Crippen molar-refractivity contribution < 1.29 is 14.9 Å². The highest BCUT2D eigenvalue weighted by atomic mass is 16.5. The molecule has 2 heterocycles. The molecule has 3 aromatic rings. The van der Waals surface area contributed by atoms with Crippen molar-refractivity contribution in [2.45, 2.75) is 5.92 Å². The number of hydrogen-bond acceptors (Lipinski definition) is 6. The highest BCUT2D eigenvalue weighted by molar-refractivity contribution is 5.63. The van der Waals surface area contributed by atoms with Gasteiger partial charge >= 0.3 is 0 Å². The van der Waals surface area contributed by atoms with E-state index in [-0.39, 0.29) is 17.4 Å². The van der Waals surface area contributed by atoms with Crippen LogP contribution in [-0.2, 0) is 0 Å². The Hall–Kier alpha value is -3.28. The molecule has 23 heavy (non-hydrogen) atoms. The van der Waals surface area contributed by atoms with Crippen molar-refractivity contribution in [3.63, 3.8) is 0 Å². The number of benzene rings is 2. The third kappa shape index (κ3) is 2.12. The van der Waals surface area contributed by atoms with Gasteiger partial charge in [0.05, 0.1) is 5.56 Å². The van der Waals surface area contributed by atoms with E-state index in [0.717, 1.165) is 11.1 Å². The molecule has 1 atom stereocenters. The van der Waals surface area contributed by atoms with E-state index in [1.165, 1.54) is 6.33 Å². The first-order valence-electron chi connectivity index (χ1n) is 7.03. The molecular weight excluding hydrogens is 294 g/mol. The molecule has 0 saturated heterocycles. The highest BCUT2D eigenvalue weighted by Gasteiger charge is 2.32. The predicted molar refractivity (Wildman–Crippen MR) is 83.7 cm³/mol. The number of aromatic hydroxyl groups is 2. The van der Waals surface area contributed by atoms with E-state index < -0.39 is 0 Å². The number of rotatable bonds is 1. The monoisotopic (exact) mass is 307 g/mol. The molecule has 0 saturated carbocycles. The van der Waals surface area contributed by atoms with Gasteiger partial charge in [0.25, 0.3) is 0 Å². The van der Waals surface area contributed by atoms with Crippen LogP contribution >= 0.6 is 0 Å². The van der Waals surface area contributed by atoms with Crippen LogP contribution in [0.3, 0.4) is 0 Å². The summed E-state index contributed by atoms with van der Waals surface area (Å²) >= 11 is 0. The Balaban J connectivity index is 1.98. The second-order valence-corrected chi connectivity index (χ2v) is 5.33. The number of ether oxygens (including phenoxy) is 1. The number of nitrogen functional groups attached to an aromatic ring is 1. The van der Waals surface area contributed by atoms with Crippen LogP contribution in [-0.4, -0.2) is 20.2 Å². The summed E-state index contributed by atoms with van der Waals surface area (Å²) in [5, 5.41) is 19.2. The van der Waals surface area contributed by atoms with Gasteiger partial charge in [0.2, 0.25) is 5.88 Å². The average molecular weight is 307 g/mol. The number of fused-ring (bicyclic) bond motifs is 2. The van der Waals surface area contributed by atoms with E-state index in [2.05, 4.69) is 9.97 Å². The van der Waals surface area contributed by atoms with Crippen LogP contribution in [0.4, 0.5) is 5.82 Å². The largest absolute Gasteiger partial charge is 0.508 e. The lowest BCUT2D eigenvalue weighted by molar-refractivity contribution is 0.422. The summed E-state index contributed by atoms with van der Waals surface area (Å²) in [5.74, 6) is 1.29. The molecule has 0 spiro atoms. The van der Waals surface area contributed by atoms with Crippen molar-refractivity contribution in [2.75, 3.05) is 5.73 Å². The van der Waals surface area contributed by atoms with E-state index in [0.29, 0.717) is 23.0 Å². The van der Waals surface area contributed by atoms with Crippen LogP contribution < -0.4 is 10.5 Å². The van der Waals surface area contributed by atoms with Gasteiger partial charge in [0, 0.05) is 17.5 Å². The Morgan fingerprint density at radius 2 is 1.70 bits per heavy atom. The van der Waals surface area contributed by atoms with Gasteiger partial charge < -0.3 is 20.7 Å². The van der Waals surface area contributed by atoms with Crippen molar-refractivity contribution in [1.29, 1.82) is 0 Å². The quantitative estimate of drug-likeness (QED) is 0.500. The standard InChI is InChI=1S/C17H13N3O3/c18-16-15-14(9-1-3-10(21)4-2-9)12-6-5-11(22)7-13(12)23-17(15)20-8-19-16/h1-8,14,21-22H,(H2,18,19,20). The molecule has 0 fully saturated rings. The van der Waals surface area contributed by atoms with Gasteiger partial charge in [0.1, 0.15) is 29.4 Å². The smallest absolute Gasteiger partial charge is 0.228 e. The van der Waals surface area contributed by atoms with E-state index in [1.54, 1.807) is 30.3 Å². The van der Waals surface area contributed by atoms with E-state index in [9.17, 15) is 10.2 Å². The molecule has 1 unspecified atom stereocenters. The molecule has 114 valence electrons. The molecule has 2 aromatic carbocycles. The second-order valence-electron chi connectivity index (χ2n) is 5.33. The third-order valence-electron chi connectivity index (χ3n) is 3.91. The number of aromatic nitrogens is 2. The molecular formula is C17H13N3O3. The van der Waals surface area contributed by atoms with Crippen molar-refractivity contribution in [2.24, 2.45) is 0 Å². The third-order valence-corrected chi connectivity index (χ3v) is 3.91. The summed E-state index contributed by atoms with van der Waals surface area (Å²) in [6, 6.07) is 11.8. The van der Waals surface area contributed by atoms with Gasteiger partial charge in [-0.25, -0.2) is 9.97 Å². The minimum Gasteiger partial charge on any atom is -0.508 e. The molecule has 0 amide bonds. The lowest BCUT2D eigenvalue weighted by Crippen LogP contribution is -2.15. The molecule has 4 N–H and O–H groups in total. The normalized spacial score (nSPS) is 15.4. The number of hydrogen-bond donors (Lipinski definition) is 3.